The highest BCUT2D eigenvalue weighted by Crippen LogP contribution is 2.31. The Morgan fingerprint density at radius 3 is 2.80 bits per heavy atom. The molecule has 2 aromatic heterocycles. The number of carbonyl (C=O) groups is 1. The number of nitrogens with one attached hydrogen (secondary N) is 2. The average molecular weight is 535 g/mol. The minimum Gasteiger partial charge on any atom is -0.507 e. The molecule has 1 atom stereocenters. The number of phenolic OH excluding ortho intramolecular Hbond substituents is 1. The van der Waals surface area contributed by atoms with E-state index in [-0.39, 0.29) is 11.8 Å². The number of likely N-dealkylation sites (tertiary alicyclic amines) is 1. The summed E-state index contributed by atoms with van der Waals surface area (Å²) in [7, 11) is 0. The van der Waals surface area contributed by atoms with E-state index in [9.17, 15) is 9.90 Å². The van der Waals surface area contributed by atoms with Gasteiger partial charge in [0.05, 0.1) is 16.4 Å². The number of fused-ring (bicyclic) bond motifs is 1. The zero-order chi connectivity index (χ0) is 24.4. The molecule has 3 N–H and O–H groups in total. The number of amides is 2. The summed E-state index contributed by atoms with van der Waals surface area (Å²) in [6, 6.07) is 16.8. The van der Waals surface area contributed by atoms with Crippen molar-refractivity contribution in [2.75, 3.05) is 30.3 Å². The number of aryl methyl sites for hydroxylation is 1. The first-order valence-electron chi connectivity index (χ1n) is 11.7. The molecule has 0 spiro atoms. The summed E-state index contributed by atoms with van der Waals surface area (Å²) in [5.74, 6) is 1.25. The van der Waals surface area contributed by atoms with E-state index in [2.05, 4.69) is 31.7 Å². The minimum atomic E-state index is -0.0669. The van der Waals surface area contributed by atoms with E-state index in [0.29, 0.717) is 35.9 Å². The lowest BCUT2D eigenvalue weighted by atomic mass is 9.98. The molecule has 1 saturated heterocycles. The quantitative estimate of drug-likeness (QED) is 0.313. The zero-order valence-electron chi connectivity index (χ0n) is 19.4. The standard InChI is InChI=1S/C26H27BrN6O2/c1-17-8-10-19(11-9-17)30-26(35)32-12-4-5-18(16-32)14-28-24-13-22(20-6-2-3-7-23(20)34)31-25-21(27)15-29-33(24)25/h2-3,6-11,13,15,18,28,34H,4-5,12,14,16H2,1H3,(H,30,35). The molecular formula is C26H27BrN6O2. The Kier molecular flexibility index (Phi) is 6.59. The molecule has 1 fully saturated rings. The van der Waals surface area contributed by atoms with Crippen LogP contribution in [0, 0.1) is 12.8 Å². The van der Waals surface area contributed by atoms with Crippen LogP contribution in [0.4, 0.5) is 16.3 Å². The molecule has 1 unspecified atom stereocenters. The Morgan fingerprint density at radius 2 is 2.00 bits per heavy atom. The predicted molar refractivity (Wildman–Crippen MR) is 141 cm³/mol. The average Bonchev–Trinajstić information content (AvgIpc) is 3.25. The molecule has 35 heavy (non-hydrogen) atoms. The molecule has 0 saturated carbocycles. The second-order valence-corrected chi connectivity index (χ2v) is 9.76. The van der Waals surface area contributed by atoms with E-state index < -0.39 is 0 Å². The number of para-hydroxylation sites is 1. The van der Waals surface area contributed by atoms with Gasteiger partial charge in [0.1, 0.15) is 11.6 Å². The largest absolute Gasteiger partial charge is 0.507 e. The van der Waals surface area contributed by atoms with Crippen LogP contribution in [-0.4, -0.2) is 50.3 Å². The van der Waals surface area contributed by atoms with Gasteiger partial charge in [-0.25, -0.2) is 9.78 Å². The number of hydrogen-bond acceptors (Lipinski definition) is 5. The Hall–Kier alpha value is -3.59. The van der Waals surface area contributed by atoms with Crippen molar-refractivity contribution in [3.05, 3.63) is 70.8 Å². The van der Waals surface area contributed by atoms with E-state index in [1.165, 1.54) is 0 Å². The normalized spacial score (nSPS) is 15.8. The van der Waals surface area contributed by atoms with Gasteiger partial charge >= 0.3 is 6.03 Å². The number of aromatic hydroxyl groups is 1. The van der Waals surface area contributed by atoms with Gasteiger partial charge in [-0.2, -0.15) is 9.61 Å². The number of carbonyl (C=O) groups excluding carboxylic acids is 1. The molecule has 8 nitrogen and oxygen atoms in total. The molecule has 1 aliphatic rings. The van der Waals surface area contributed by atoms with Gasteiger partial charge in [-0.1, -0.05) is 29.8 Å². The molecule has 0 aliphatic carbocycles. The smallest absolute Gasteiger partial charge is 0.321 e. The van der Waals surface area contributed by atoms with Gasteiger partial charge in [0.25, 0.3) is 0 Å². The van der Waals surface area contributed by atoms with Crippen molar-refractivity contribution < 1.29 is 9.90 Å². The fourth-order valence-corrected chi connectivity index (χ4v) is 4.74. The summed E-state index contributed by atoms with van der Waals surface area (Å²) in [5.41, 5.74) is 3.94. The number of nitrogens with zero attached hydrogens (tertiary/aromatic N) is 4. The molecule has 2 aromatic carbocycles. The molecule has 9 heteroatoms. The van der Waals surface area contributed by atoms with E-state index in [0.717, 1.165) is 40.9 Å². The summed E-state index contributed by atoms with van der Waals surface area (Å²) in [5, 5.41) is 21.3. The van der Waals surface area contributed by atoms with Crippen LogP contribution in [0.5, 0.6) is 5.75 Å². The van der Waals surface area contributed by atoms with Gasteiger partial charge in [0.15, 0.2) is 5.65 Å². The maximum absolute atomic E-state index is 12.8. The fourth-order valence-electron chi connectivity index (χ4n) is 4.39. The van der Waals surface area contributed by atoms with E-state index in [4.69, 9.17) is 4.98 Å². The molecule has 2 amide bonds. The Balaban J connectivity index is 1.30. The van der Waals surface area contributed by atoms with Crippen molar-refractivity contribution in [2.45, 2.75) is 19.8 Å². The first kappa shape index (κ1) is 23.2. The number of urea groups is 1. The molecule has 3 heterocycles. The zero-order valence-corrected chi connectivity index (χ0v) is 21.0. The highest BCUT2D eigenvalue weighted by molar-refractivity contribution is 9.10. The molecule has 0 bridgehead atoms. The Labute approximate surface area is 212 Å². The van der Waals surface area contributed by atoms with E-state index in [1.807, 2.05) is 54.3 Å². The SMILES string of the molecule is Cc1ccc(NC(=O)N2CCCC(CNc3cc(-c4ccccc4O)nc4c(Br)cnn34)C2)cc1. The predicted octanol–water partition coefficient (Wildman–Crippen LogP) is 5.53. The number of rotatable bonds is 5. The first-order chi connectivity index (χ1) is 17.0. The third kappa shape index (κ3) is 5.09. The topological polar surface area (TPSA) is 94.8 Å². The number of halogens is 1. The molecule has 1 aliphatic heterocycles. The summed E-state index contributed by atoms with van der Waals surface area (Å²) >= 11 is 3.52. The van der Waals surface area contributed by atoms with Gasteiger partial charge in [-0.15, -0.1) is 0 Å². The van der Waals surface area contributed by atoms with Crippen LogP contribution in [0.25, 0.3) is 16.9 Å². The number of phenols is 1. The van der Waals surface area contributed by atoms with Gasteiger partial charge < -0.3 is 20.6 Å². The van der Waals surface area contributed by atoms with Crippen molar-refractivity contribution >= 4 is 39.1 Å². The van der Waals surface area contributed by atoms with Gasteiger partial charge in [0, 0.05) is 37.0 Å². The Morgan fingerprint density at radius 1 is 1.20 bits per heavy atom. The highest BCUT2D eigenvalue weighted by atomic mass is 79.9. The summed E-state index contributed by atoms with van der Waals surface area (Å²) < 4.78 is 2.52. The Bertz CT molecular complexity index is 1350. The fraction of sp³-hybridized carbons (Fsp3) is 0.269. The minimum absolute atomic E-state index is 0.0669. The summed E-state index contributed by atoms with van der Waals surface area (Å²) in [6.07, 6.45) is 3.69. The third-order valence-electron chi connectivity index (χ3n) is 6.29. The van der Waals surface area contributed by atoms with Crippen LogP contribution in [0.2, 0.25) is 0 Å². The van der Waals surface area contributed by atoms with Gasteiger partial charge in [-0.3, -0.25) is 0 Å². The number of aromatic nitrogens is 3. The van der Waals surface area contributed by atoms with Crippen molar-refractivity contribution in [1.29, 1.82) is 0 Å². The van der Waals surface area contributed by atoms with Crippen LogP contribution in [0.15, 0.2) is 65.3 Å². The third-order valence-corrected chi connectivity index (χ3v) is 6.85. The van der Waals surface area contributed by atoms with Crippen LogP contribution in [-0.2, 0) is 0 Å². The van der Waals surface area contributed by atoms with Gasteiger partial charge in [0.2, 0.25) is 0 Å². The highest BCUT2D eigenvalue weighted by Gasteiger charge is 2.24. The molecular weight excluding hydrogens is 508 g/mol. The van der Waals surface area contributed by atoms with Crippen molar-refractivity contribution in [3.8, 4) is 17.0 Å². The van der Waals surface area contributed by atoms with Gasteiger partial charge in [-0.05, 0) is 65.9 Å². The van der Waals surface area contributed by atoms with Crippen LogP contribution in [0.1, 0.15) is 18.4 Å². The monoisotopic (exact) mass is 534 g/mol. The lowest BCUT2D eigenvalue weighted by Crippen LogP contribution is -2.44. The lowest BCUT2D eigenvalue weighted by molar-refractivity contribution is 0.180. The summed E-state index contributed by atoms with van der Waals surface area (Å²) in [4.78, 5) is 19.4. The molecule has 5 rings (SSSR count). The molecule has 180 valence electrons. The second-order valence-electron chi connectivity index (χ2n) is 8.90. The number of hydrogen-bond donors (Lipinski definition) is 3. The maximum atomic E-state index is 12.8. The first-order valence-corrected chi connectivity index (χ1v) is 12.5. The van der Waals surface area contributed by atoms with Crippen molar-refractivity contribution in [2.24, 2.45) is 5.92 Å². The van der Waals surface area contributed by atoms with E-state index in [1.54, 1.807) is 22.8 Å². The van der Waals surface area contributed by atoms with Crippen LogP contribution >= 0.6 is 15.9 Å². The van der Waals surface area contributed by atoms with E-state index >= 15 is 0 Å². The molecule has 0 radical (unpaired) electrons. The molecule has 4 aromatic rings. The van der Waals surface area contributed by atoms with Crippen LogP contribution in [0.3, 0.4) is 0 Å². The number of piperidine rings is 1. The second kappa shape index (κ2) is 9.95. The lowest BCUT2D eigenvalue weighted by Gasteiger charge is -2.33. The number of benzene rings is 2. The summed E-state index contributed by atoms with van der Waals surface area (Å²) in [6.45, 7) is 4.13. The van der Waals surface area contributed by atoms with Crippen molar-refractivity contribution in [3.63, 3.8) is 0 Å². The number of anilines is 2. The van der Waals surface area contributed by atoms with Crippen LogP contribution < -0.4 is 10.6 Å². The maximum Gasteiger partial charge on any atom is 0.321 e. The van der Waals surface area contributed by atoms with Crippen molar-refractivity contribution in [1.82, 2.24) is 19.5 Å².